The van der Waals surface area contributed by atoms with Crippen LogP contribution in [0.1, 0.15) is 22.6 Å². The third-order valence-corrected chi connectivity index (χ3v) is 3.72. The molecule has 0 aliphatic rings. The van der Waals surface area contributed by atoms with Crippen LogP contribution in [0.2, 0.25) is 0 Å². The summed E-state index contributed by atoms with van der Waals surface area (Å²) in [6, 6.07) is 9.03. The summed E-state index contributed by atoms with van der Waals surface area (Å²) in [6.45, 7) is 5.42. The Bertz CT molecular complexity index is 869. The minimum absolute atomic E-state index is 0.562. The third-order valence-electron chi connectivity index (χ3n) is 3.72. The molecule has 3 rings (SSSR count). The number of aryl methyl sites for hydroxylation is 2. The fourth-order valence-electron chi connectivity index (χ4n) is 2.70. The van der Waals surface area contributed by atoms with Gasteiger partial charge in [0.2, 0.25) is 5.78 Å². The van der Waals surface area contributed by atoms with E-state index < -0.39 is 6.03 Å². The first-order valence-electron chi connectivity index (χ1n) is 7.69. The van der Waals surface area contributed by atoms with E-state index in [1.165, 1.54) is 0 Å². The Balaban J connectivity index is 1.63. The molecule has 2 heterocycles. The van der Waals surface area contributed by atoms with Gasteiger partial charge in [0.15, 0.2) is 0 Å². The number of nitrogens with zero attached hydrogens (tertiary/aromatic N) is 3. The van der Waals surface area contributed by atoms with Gasteiger partial charge in [-0.2, -0.15) is 0 Å². The SMILES string of the molecule is Cc1cc(C)n2c(CNCc3ccc(NC(N)=O)cc3)cnc2n1. The molecule has 1 aromatic carbocycles. The van der Waals surface area contributed by atoms with E-state index in [2.05, 4.69) is 31.9 Å². The van der Waals surface area contributed by atoms with Gasteiger partial charge in [-0.15, -0.1) is 0 Å². The lowest BCUT2D eigenvalue weighted by Crippen LogP contribution is -2.19. The molecule has 0 fully saturated rings. The average Bonchev–Trinajstić information content (AvgIpc) is 2.91. The number of nitrogens with one attached hydrogen (secondary N) is 2. The summed E-state index contributed by atoms with van der Waals surface area (Å²) in [5.41, 5.74) is 10.0. The summed E-state index contributed by atoms with van der Waals surface area (Å²) in [5, 5.41) is 5.94. The lowest BCUT2D eigenvalue weighted by atomic mass is 10.2. The van der Waals surface area contributed by atoms with Crippen molar-refractivity contribution < 1.29 is 4.79 Å². The van der Waals surface area contributed by atoms with Crippen molar-refractivity contribution in [2.24, 2.45) is 5.73 Å². The zero-order valence-corrected chi connectivity index (χ0v) is 13.7. The molecule has 0 atom stereocenters. The van der Waals surface area contributed by atoms with Gasteiger partial charge in [-0.25, -0.2) is 14.8 Å². The molecule has 3 aromatic rings. The fraction of sp³-hybridized carbons (Fsp3) is 0.235. The molecule has 4 N–H and O–H groups in total. The second kappa shape index (κ2) is 6.67. The topological polar surface area (TPSA) is 97.3 Å². The van der Waals surface area contributed by atoms with Crippen LogP contribution in [0.25, 0.3) is 5.78 Å². The van der Waals surface area contributed by atoms with Crippen LogP contribution in [0.3, 0.4) is 0 Å². The van der Waals surface area contributed by atoms with Crippen LogP contribution in [0.15, 0.2) is 36.5 Å². The Morgan fingerprint density at radius 3 is 2.67 bits per heavy atom. The average molecular weight is 324 g/mol. The molecule has 124 valence electrons. The van der Waals surface area contributed by atoms with E-state index in [4.69, 9.17) is 5.73 Å². The molecule has 0 aliphatic heterocycles. The number of anilines is 1. The van der Waals surface area contributed by atoms with Crippen molar-refractivity contribution in [1.82, 2.24) is 19.7 Å². The van der Waals surface area contributed by atoms with Crippen molar-refractivity contribution >= 4 is 17.5 Å². The number of carbonyl (C=O) groups is 1. The van der Waals surface area contributed by atoms with Gasteiger partial charge in [-0.1, -0.05) is 12.1 Å². The van der Waals surface area contributed by atoms with Gasteiger partial charge in [-0.3, -0.25) is 4.40 Å². The highest BCUT2D eigenvalue weighted by Crippen LogP contribution is 2.11. The quantitative estimate of drug-likeness (QED) is 0.669. The van der Waals surface area contributed by atoms with E-state index in [-0.39, 0.29) is 0 Å². The summed E-state index contributed by atoms with van der Waals surface area (Å²) in [4.78, 5) is 19.6. The lowest BCUT2D eigenvalue weighted by Gasteiger charge is -2.08. The van der Waals surface area contributed by atoms with Gasteiger partial charge >= 0.3 is 6.03 Å². The van der Waals surface area contributed by atoms with E-state index in [0.717, 1.165) is 28.4 Å². The van der Waals surface area contributed by atoms with Gasteiger partial charge < -0.3 is 16.4 Å². The van der Waals surface area contributed by atoms with E-state index >= 15 is 0 Å². The van der Waals surface area contributed by atoms with Gasteiger partial charge in [0.05, 0.1) is 11.9 Å². The Labute approximate surface area is 139 Å². The summed E-state index contributed by atoms with van der Waals surface area (Å²) in [5.74, 6) is 0.728. The molecule has 0 saturated carbocycles. The number of fused-ring (bicyclic) bond motifs is 1. The van der Waals surface area contributed by atoms with Gasteiger partial charge in [0.25, 0.3) is 0 Å². The van der Waals surface area contributed by atoms with Crippen molar-refractivity contribution in [2.75, 3.05) is 5.32 Å². The first kappa shape index (κ1) is 15.9. The van der Waals surface area contributed by atoms with E-state index in [0.29, 0.717) is 18.8 Å². The van der Waals surface area contributed by atoms with E-state index in [1.807, 2.05) is 43.5 Å². The number of hydrogen-bond acceptors (Lipinski definition) is 4. The molecule has 0 radical (unpaired) electrons. The number of nitrogens with two attached hydrogens (primary N) is 1. The first-order valence-corrected chi connectivity index (χ1v) is 7.69. The second-order valence-electron chi connectivity index (χ2n) is 5.71. The highest BCUT2D eigenvalue weighted by molar-refractivity contribution is 5.87. The largest absolute Gasteiger partial charge is 0.351 e. The smallest absolute Gasteiger partial charge is 0.316 e. The maximum Gasteiger partial charge on any atom is 0.316 e. The number of hydrogen-bond donors (Lipinski definition) is 3. The van der Waals surface area contributed by atoms with Crippen LogP contribution >= 0.6 is 0 Å². The van der Waals surface area contributed by atoms with Crippen LogP contribution in [0.5, 0.6) is 0 Å². The maximum atomic E-state index is 10.8. The van der Waals surface area contributed by atoms with Crippen molar-refractivity contribution in [3.8, 4) is 0 Å². The molecule has 0 unspecified atom stereocenters. The number of imidazole rings is 1. The number of primary amides is 1. The zero-order valence-electron chi connectivity index (χ0n) is 13.7. The summed E-state index contributed by atoms with van der Waals surface area (Å²) < 4.78 is 2.06. The molecule has 7 nitrogen and oxygen atoms in total. The molecule has 2 amide bonds. The van der Waals surface area contributed by atoms with Crippen molar-refractivity contribution in [1.29, 1.82) is 0 Å². The molecule has 24 heavy (non-hydrogen) atoms. The van der Waals surface area contributed by atoms with Crippen molar-refractivity contribution in [2.45, 2.75) is 26.9 Å². The van der Waals surface area contributed by atoms with E-state index in [9.17, 15) is 4.79 Å². The van der Waals surface area contributed by atoms with E-state index in [1.54, 1.807) is 0 Å². The number of benzene rings is 1. The Kier molecular flexibility index (Phi) is 4.43. The maximum absolute atomic E-state index is 10.8. The first-order chi connectivity index (χ1) is 11.5. The zero-order chi connectivity index (χ0) is 17.1. The minimum atomic E-state index is -0.562. The minimum Gasteiger partial charge on any atom is -0.351 e. The standard InChI is InChI=1S/C17H20N6O/c1-11-7-12(2)23-15(10-20-17(23)21-11)9-19-8-13-3-5-14(6-4-13)22-16(18)24/h3-7,10,19H,8-9H2,1-2H3,(H3,18,22,24). The molecule has 2 aromatic heterocycles. The normalized spacial score (nSPS) is 10.9. The predicted molar refractivity (Wildman–Crippen MR) is 92.7 cm³/mol. The van der Waals surface area contributed by atoms with Gasteiger partial charge in [0.1, 0.15) is 0 Å². The highest BCUT2D eigenvalue weighted by atomic mass is 16.2. The third kappa shape index (κ3) is 3.52. The lowest BCUT2D eigenvalue weighted by molar-refractivity contribution is 0.259. The Morgan fingerprint density at radius 1 is 1.21 bits per heavy atom. The predicted octanol–water partition coefficient (Wildman–Crippen LogP) is 2.13. The monoisotopic (exact) mass is 324 g/mol. The van der Waals surface area contributed by atoms with Crippen molar-refractivity contribution in [3.63, 3.8) is 0 Å². The number of urea groups is 1. The van der Waals surface area contributed by atoms with Crippen LogP contribution < -0.4 is 16.4 Å². The summed E-state index contributed by atoms with van der Waals surface area (Å²) in [6.07, 6.45) is 1.85. The van der Waals surface area contributed by atoms with Crippen LogP contribution in [0, 0.1) is 13.8 Å². The molecular weight excluding hydrogens is 304 g/mol. The van der Waals surface area contributed by atoms with Crippen molar-refractivity contribution in [3.05, 3.63) is 59.2 Å². The Hall–Kier alpha value is -2.93. The molecule has 7 heteroatoms. The van der Waals surface area contributed by atoms with Crippen LogP contribution in [-0.4, -0.2) is 20.4 Å². The van der Waals surface area contributed by atoms with Gasteiger partial charge in [0, 0.05) is 30.2 Å². The molecular formula is C17H20N6O. The molecule has 0 aliphatic carbocycles. The van der Waals surface area contributed by atoms with Gasteiger partial charge in [-0.05, 0) is 37.6 Å². The summed E-state index contributed by atoms with van der Waals surface area (Å²) in [7, 11) is 0. The highest BCUT2D eigenvalue weighted by Gasteiger charge is 2.07. The number of aromatic nitrogens is 3. The number of rotatable bonds is 5. The molecule has 0 spiro atoms. The van der Waals surface area contributed by atoms with Crippen LogP contribution in [0.4, 0.5) is 10.5 Å². The second-order valence-corrected chi connectivity index (χ2v) is 5.71. The van der Waals surface area contributed by atoms with Crippen LogP contribution in [-0.2, 0) is 13.1 Å². The Morgan fingerprint density at radius 2 is 1.96 bits per heavy atom. The summed E-state index contributed by atoms with van der Waals surface area (Å²) >= 11 is 0. The molecule has 0 saturated heterocycles. The fourth-order valence-corrected chi connectivity index (χ4v) is 2.70. The molecule has 0 bridgehead atoms. The number of carbonyl (C=O) groups excluding carboxylic acids is 1. The number of amides is 2.